The molecular formula is C13H18FNO3. The van der Waals surface area contributed by atoms with Gasteiger partial charge >= 0.3 is 0 Å². The highest BCUT2D eigenvalue weighted by molar-refractivity contribution is 5.72. The summed E-state index contributed by atoms with van der Waals surface area (Å²) in [5.74, 6) is -0.612. The molecule has 0 saturated heterocycles. The zero-order chi connectivity index (χ0) is 13.7. The summed E-state index contributed by atoms with van der Waals surface area (Å²) in [6.07, 6.45) is -2.00. The number of aliphatic hydroxyl groups excluding tert-OH is 2. The molecule has 0 aromatic heterocycles. The second kappa shape index (κ2) is 6.47. The van der Waals surface area contributed by atoms with Crippen molar-refractivity contribution in [2.45, 2.75) is 32.5 Å². The number of amides is 1. The van der Waals surface area contributed by atoms with E-state index in [1.165, 1.54) is 19.1 Å². The number of hydrogen-bond acceptors (Lipinski definition) is 3. The lowest BCUT2D eigenvalue weighted by Crippen LogP contribution is -2.28. The van der Waals surface area contributed by atoms with Crippen molar-refractivity contribution < 1.29 is 19.4 Å². The predicted molar refractivity (Wildman–Crippen MR) is 65.4 cm³/mol. The molecule has 0 bridgehead atoms. The highest BCUT2D eigenvalue weighted by atomic mass is 19.1. The van der Waals surface area contributed by atoms with Crippen LogP contribution >= 0.6 is 0 Å². The Bertz CT molecular complexity index is 423. The van der Waals surface area contributed by atoms with Crippen LogP contribution in [-0.4, -0.2) is 28.8 Å². The molecule has 1 amide bonds. The second-order valence-corrected chi connectivity index (χ2v) is 4.24. The van der Waals surface area contributed by atoms with Gasteiger partial charge in [-0.2, -0.15) is 0 Å². The number of nitrogens with one attached hydrogen (secondary N) is 1. The van der Waals surface area contributed by atoms with E-state index in [1.807, 2.05) is 0 Å². The van der Waals surface area contributed by atoms with E-state index in [2.05, 4.69) is 5.32 Å². The van der Waals surface area contributed by atoms with Crippen molar-refractivity contribution in [3.63, 3.8) is 0 Å². The van der Waals surface area contributed by atoms with Crippen molar-refractivity contribution in [2.75, 3.05) is 6.54 Å². The first kappa shape index (κ1) is 14.6. The van der Waals surface area contributed by atoms with E-state index in [-0.39, 0.29) is 18.9 Å². The van der Waals surface area contributed by atoms with Gasteiger partial charge in [-0.15, -0.1) is 0 Å². The molecule has 0 fully saturated rings. The Balaban J connectivity index is 2.65. The number of benzene rings is 1. The third-order valence-corrected chi connectivity index (χ3v) is 2.81. The molecule has 0 radical (unpaired) electrons. The molecule has 100 valence electrons. The van der Waals surface area contributed by atoms with E-state index in [4.69, 9.17) is 0 Å². The van der Waals surface area contributed by atoms with E-state index in [0.29, 0.717) is 11.1 Å². The van der Waals surface area contributed by atoms with E-state index in [9.17, 15) is 19.4 Å². The summed E-state index contributed by atoms with van der Waals surface area (Å²) in [5, 5.41) is 22.2. The Morgan fingerprint density at radius 2 is 2.11 bits per heavy atom. The molecule has 0 saturated carbocycles. The molecule has 0 aliphatic heterocycles. The largest absolute Gasteiger partial charge is 0.390 e. The van der Waals surface area contributed by atoms with Crippen LogP contribution < -0.4 is 5.32 Å². The van der Waals surface area contributed by atoms with Gasteiger partial charge < -0.3 is 15.5 Å². The molecule has 1 aromatic carbocycles. The maximum Gasteiger partial charge on any atom is 0.216 e. The summed E-state index contributed by atoms with van der Waals surface area (Å²) in [5.41, 5.74) is 0.689. The Morgan fingerprint density at radius 1 is 1.44 bits per heavy atom. The average Bonchev–Trinajstić information content (AvgIpc) is 2.31. The van der Waals surface area contributed by atoms with Crippen LogP contribution in [0.1, 0.15) is 30.6 Å². The van der Waals surface area contributed by atoms with E-state index < -0.39 is 18.0 Å². The van der Waals surface area contributed by atoms with Gasteiger partial charge in [-0.3, -0.25) is 4.79 Å². The molecule has 1 rings (SSSR count). The van der Waals surface area contributed by atoms with Crippen molar-refractivity contribution in [3.8, 4) is 0 Å². The lowest BCUT2D eigenvalue weighted by Gasteiger charge is -2.20. The Labute approximate surface area is 105 Å². The standard InChI is InChI=1S/C13H18FNO3/c1-8-10(4-3-5-11(8)14)13(18)12(17)6-7-15-9(2)16/h3-5,12-13,17-18H,6-7H2,1-2H3,(H,15,16). The molecule has 18 heavy (non-hydrogen) atoms. The van der Waals surface area contributed by atoms with Gasteiger partial charge in [0.05, 0.1) is 6.10 Å². The van der Waals surface area contributed by atoms with Crippen molar-refractivity contribution in [2.24, 2.45) is 0 Å². The number of hydrogen-bond donors (Lipinski definition) is 3. The van der Waals surface area contributed by atoms with Crippen molar-refractivity contribution in [1.82, 2.24) is 5.32 Å². The zero-order valence-corrected chi connectivity index (χ0v) is 10.5. The first-order chi connectivity index (χ1) is 8.43. The fourth-order valence-corrected chi connectivity index (χ4v) is 1.71. The summed E-state index contributed by atoms with van der Waals surface area (Å²) in [4.78, 5) is 10.7. The van der Waals surface area contributed by atoms with Crippen LogP contribution in [0.5, 0.6) is 0 Å². The van der Waals surface area contributed by atoms with Crippen molar-refractivity contribution >= 4 is 5.91 Å². The Morgan fingerprint density at radius 3 is 2.72 bits per heavy atom. The molecule has 4 nitrogen and oxygen atoms in total. The number of carbonyl (C=O) groups excluding carboxylic acids is 1. The maximum atomic E-state index is 13.3. The van der Waals surface area contributed by atoms with Crippen LogP contribution in [0.4, 0.5) is 4.39 Å². The molecule has 0 heterocycles. The highest BCUT2D eigenvalue weighted by Gasteiger charge is 2.20. The summed E-state index contributed by atoms with van der Waals surface area (Å²) in [6, 6.07) is 4.36. The quantitative estimate of drug-likeness (QED) is 0.736. The summed E-state index contributed by atoms with van der Waals surface area (Å²) < 4.78 is 13.3. The van der Waals surface area contributed by atoms with Crippen LogP contribution in [0, 0.1) is 12.7 Å². The first-order valence-corrected chi connectivity index (χ1v) is 5.79. The minimum Gasteiger partial charge on any atom is -0.390 e. The van der Waals surface area contributed by atoms with E-state index in [1.54, 1.807) is 13.0 Å². The van der Waals surface area contributed by atoms with Gasteiger partial charge in [-0.25, -0.2) is 4.39 Å². The first-order valence-electron chi connectivity index (χ1n) is 5.79. The normalized spacial score (nSPS) is 14.1. The smallest absolute Gasteiger partial charge is 0.216 e. The number of carbonyl (C=O) groups is 1. The lowest BCUT2D eigenvalue weighted by atomic mass is 9.97. The van der Waals surface area contributed by atoms with Crippen molar-refractivity contribution in [3.05, 3.63) is 35.1 Å². The SMILES string of the molecule is CC(=O)NCCC(O)C(O)c1cccc(F)c1C. The lowest BCUT2D eigenvalue weighted by molar-refractivity contribution is -0.119. The third-order valence-electron chi connectivity index (χ3n) is 2.81. The van der Waals surface area contributed by atoms with Gasteiger partial charge in [-0.05, 0) is 30.5 Å². The van der Waals surface area contributed by atoms with Crippen LogP contribution in [0.15, 0.2) is 18.2 Å². The minimum atomic E-state index is -1.16. The molecule has 1 aromatic rings. The maximum absolute atomic E-state index is 13.3. The summed E-state index contributed by atoms with van der Waals surface area (Å²) >= 11 is 0. The van der Waals surface area contributed by atoms with Crippen molar-refractivity contribution in [1.29, 1.82) is 0 Å². The van der Waals surface area contributed by atoms with Crippen LogP contribution in [0.2, 0.25) is 0 Å². The van der Waals surface area contributed by atoms with Gasteiger partial charge in [0.1, 0.15) is 11.9 Å². The van der Waals surface area contributed by atoms with Crippen LogP contribution in [0.25, 0.3) is 0 Å². The average molecular weight is 255 g/mol. The van der Waals surface area contributed by atoms with Crippen LogP contribution in [-0.2, 0) is 4.79 Å². The fraction of sp³-hybridized carbons (Fsp3) is 0.462. The Kier molecular flexibility index (Phi) is 5.25. The summed E-state index contributed by atoms with van der Waals surface area (Å²) in [6.45, 7) is 3.19. The van der Waals surface area contributed by atoms with E-state index in [0.717, 1.165) is 0 Å². The van der Waals surface area contributed by atoms with Gasteiger partial charge in [0.25, 0.3) is 0 Å². The third kappa shape index (κ3) is 3.78. The monoisotopic (exact) mass is 255 g/mol. The minimum absolute atomic E-state index is 0.196. The molecule has 0 spiro atoms. The Hall–Kier alpha value is -1.46. The number of rotatable bonds is 5. The van der Waals surface area contributed by atoms with Gasteiger partial charge in [0, 0.05) is 13.5 Å². The van der Waals surface area contributed by atoms with E-state index >= 15 is 0 Å². The molecule has 2 atom stereocenters. The number of aliphatic hydroxyl groups is 2. The zero-order valence-electron chi connectivity index (χ0n) is 10.5. The molecule has 5 heteroatoms. The predicted octanol–water partition coefficient (Wildman–Crippen LogP) is 1.05. The highest BCUT2D eigenvalue weighted by Crippen LogP contribution is 2.23. The second-order valence-electron chi connectivity index (χ2n) is 4.24. The number of halogens is 1. The fourth-order valence-electron chi connectivity index (χ4n) is 1.71. The van der Waals surface area contributed by atoms with Gasteiger partial charge in [0.15, 0.2) is 0 Å². The molecule has 0 aliphatic carbocycles. The molecule has 0 aliphatic rings. The topological polar surface area (TPSA) is 69.6 Å². The molecular weight excluding hydrogens is 237 g/mol. The molecule has 3 N–H and O–H groups in total. The summed E-state index contributed by atoms with van der Waals surface area (Å²) in [7, 11) is 0. The van der Waals surface area contributed by atoms with Gasteiger partial charge in [0.2, 0.25) is 5.91 Å². The molecule has 2 unspecified atom stereocenters. The van der Waals surface area contributed by atoms with Crippen LogP contribution in [0.3, 0.4) is 0 Å². The van der Waals surface area contributed by atoms with Gasteiger partial charge in [-0.1, -0.05) is 12.1 Å².